The number of aromatic nitrogens is 2. The van der Waals surface area contributed by atoms with Crippen LogP contribution in [0.3, 0.4) is 0 Å². The van der Waals surface area contributed by atoms with Gasteiger partial charge in [0.15, 0.2) is 0 Å². The van der Waals surface area contributed by atoms with Crippen LogP contribution in [0.1, 0.15) is 36.6 Å². The molecule has 0 fully saturated rings. The largest absolute Gasteiger partial charge is 0.330 e. The summed E-state index contributed by atoms with van der Waals surface area (Å²) < 4.78 is 2.17. The molecule has 1 aromatic carbocycles. The van der Waals surface area contributed by atoms with Crippen molar-refractivity contribution >= 4 is 5.65 Å². The summed E-state index contributed by atoms with van der Waals surface area (Å²) in [6.45, 7) is 7.14. The van der Waals surface area contributed by atoms with E-state index in [2.05, 4.69) is 67.8 Å². The third-order valence-electron chi connectivity index (χ3n) is 4.18. The van der Waals surface area contributed by atoms with Gasteiger partial charge in [0.05, 0.1) is 11.4 Å². The van der Waals surface area contributed by atoms with Gasteiger partial charge >= 0.3 is 0 Å². The molecule has 0 aliphatic rings. The van der Waals surface area contributed by atoms with E-state index >= 15 is 0 Å². The number of hydrogen-bond acceptors (Lipinski definition) is 2. The Morgan fingerprint density at radius 3 is 2.50 bits per heavy atom. The predicted molar refractivity (Wildman–Crippen MR) is 92.2 cm³/mol. The third kappa shape index (κ3) is 2.53. The quantitative estimate of drug-likeness (QED) is 0.792. The zero-order valence-corrected chi connectivity index (χ0v) is 13.5. The van der Waals surface area contributed by atoms with Crippen molar-refractivity contribution in [2.24, 2.45) is 5.73 Å². The maximum atomic E-state index is 5.82. The van der Waals surface area contributed by atoms with Crippen LogP contribution >= 0.6 is 0 Å². The van der Waals surface area contributed by atoms with Gasteiger partial charge in [-0.1, -0.05) is 44.2 Å². The Morgan fingerprint density at radius 1 is 1.14 bits per heavy atom. The van der Waals surface area contributed by atoms with Crippen LogP contribution in [0, 0.1) is 6.92 Å². The van der Waals surface area contributed by atoms with Crippen molar-refractivity contribution in [3.63, 3.8) is 0 Å². The van der Waals surface area contributed by atoms with Crippen molar-refractivity contribution in [3.8, 4) is 11.3 Å². The van der Waals surface area contributed by atoms with Gasteiger partial charge in [0.1, 0.15) is 5.65 Å². The number of pyridine rings is 1. The first-order valence-corrected chi connectivity index (χ1v) is 7.88. The van der Waals surface area contributed by atoms with E-state index in [9.17, 15) is 0 Å². The maximum Gasteiger partial charge on any atom is 0.140 e. The molecule has 0 aliphatic heterocycles. The van der Waals surface area contributed by atoms with E-state index < -0.39 is 0 Å². The molecule has 3 heteroatoms. The second-order valence-electron chi connectivity index (χ2n) is 6.11. The van der Waals surface area contributed by atoms with Crippen LogP contribution in [0.15, 0.2) is 42.6 Å². The van der Waals surface area contributed by atoms with Crippen LogP contribution in [0.4, 0.5) is 0 Å². The number of benzene rings is 1. The summed E-state index contributed by atoms with van der Waals surface area (Å²) in [5.41, 5.74) is 12.8. The molecule has 2 aromatic heterocycles. The summed E-state index contributed by atoms with van der Waals surface area (Å²) in [4.78, 5) is 4.88. The van der Waals surface area contributed by atoms with Crippen molar-refractivity contribution in [1.29, 1.82) is 0 Å². The number of fused-ring (bicyclic) bond motifs is 1. The van der Waals surface area contributed by atoms with Crippen LogP contribution in [-0.4, -0.2) is 15.9 Å². The molecule has 0 amide bonds. The van der Waals surface area contributed by atoms with Gasteiger partial charge in [-0.05, 0) is 36.6 Å². The first-order valence-electron chi connectivity index (χ1n) is 7.88. The Balaban J connectivity index is 2.16. The minimum absolute atomic E-state index is 0.542. The lowest BCUT2D eigenvalue weighted by atomic mass is 10.00. The zero-order valence-electron chi connectivity index (χ0n) is 13.5. The average Bonchev–Trinajstić information content (AvgIpc) is 2.88. The fraction of sp³-hybridized carbons (Fsp3) is 0.316. The molecule has 2 heterocycles. The summed E-state index contributed by atoms with van der Waals surface area (Å²) >= 11 is 0. The van der Waals surface area contributed by atoms with Crippen LogP contribution in [-0.2, 0) is 6.42 Å². The lowest BCUT2D eigenvalue weighted by molar-refractivity contribution is 0.867. The van der Waals surface area contributed by atoms with Crippen LogP contribution in [0.25, 0.3) is 16.9 Å². The number of hydrogen-bond donors (Lipinski definition) is 1. The normalized spacial score (nSPS) is 11.5. The van der Waals surface area contributed by atoms with E-state index in [0.29, 0.717) is 12.5 Å². The number of imidazole rings is 1. The first kappa shape index (κ1) is 14.8. The molecule has 2 N–H and O–H groups in total. The Labute approximate surface area is 131 Å². The van der Waals surface area contributed by atoms with Crippen LogP contribution < -0.4 is 5.73 Å². The summed E-state index contributed by atoms with van der Waals surface area (Å²) in [6, 6.07) is 12.9. The highest BCUT2D eigenvalue weighted by molar-refractivity contribution is 5.68. The molecule has 0 saturated heterocycles. The molecule has 0 aliphatic carbocycles. The van der Waals surface area contributed by atoms with E-state index in [0.717, 1.165) is 23.3 Å². The molecule has 0 radical (unpaired) electrons. The van der Waals surface area contributed by atoms with Crippen molar-refractivity contribution in [2.75, 3.05) is 6.54 Å². The molecule has 0 bridgehead atoms. The minimum Gasteiger partial charge on any atom is -0.330 e. The molecule has 3 nitrogen and oxygen atoms in total. The second-order valence-corrected chi connectivity index (χ2v) is 6.11. The molecule has 114 valence electrons. The van der Waals surface area contributed by atoms with E-state index in [1.165, 1.54) is 16.8 Å². The molecule has 3 aromatic rings. The highest BCUT2D eigenvalue weighted by atomic mass is 15.0. The van der Waals surface area contributed by atoms with Crippen LogP contribution in [0.2, 0.25) is 0 Å². The molecule has 0 atom stereocenters. The molecular formula is C19H23N3. The van der Waals surface area contributed by atoms with E-state index in [4.69, 9.17) is 10.7 Å². The van der Waals surface area contributed by atoms with Gasteiger partial charge < -0.3 is 10.1 Å². The fourth-order valence-corrected chi connectivity index (χ4v) is 2.89. The highest BCUT2D eigenvalue weighted by Gasteiger charge is 2.14. The van der Waals surface area contributed by atoms with Gasteiger partial charge in [0.2, 0.25) is 0 Å². The van der Waals surface area contributed by atoms with Gasteiger partial charge in [-0.15, -0.1) is 0 Å². The molecule has 3 rings (SSSR count). The van der Waals surface area contributed by atoms with Crippen molar-refractivity contribution in [2.45, 2.75) is 33.1 Å². The van der Waals surface area contributed by atoms with Crippen LogP contribution in [0.5, 0.6) is 0 Å². The Bertz CT molecular complexity index is 782. The van der Waals surface area contributed by atoms with E-state index in [-0.39, 0.29) is 0 Å². The monoisotopic (exact) mass is 293 g/mol. The van der Waals surface area contributed by atoms with Crippen molar-refractivity contribution < 1.29 is 0 Å². The molecular weight excluding hydrogens is 270 g/mol. The summed E-state index contributed by atoms with van der Waals surface area (Å²) in [5, 5.41) is 0. The number of aryl methyl sites for hydroxylation is 1. The van der Waals surface area contributed by atoms with E-state index in [1.807, 2.05) is 0 Å². The maximum absolute atomic E-state index is 5.82. The fourth-order valence-electron chi connectivity index (χ4n) is 2.89. The van der Waals surface area contributed by atoms with Crippen molar-refractivity contribution in [1.82, 2.24) is 9.38 Å². The van der Waals surface area contributed by atoms with Gasteiger partial charge in [-0.2, -0.15) is 0 Å². The Kier molecular flexibility index (Phi) is 3.99. The van der Waals surface area contributed by atoms with E-state index in [1.54, 1.807) is 0 Å². The van der Waals surface area contributed by atoms with Gasteiger partial charge in [0.25, 0.3) is 0 Å². The predicted octanol–water partition coefficient (Wildman–Crippen LogP) is 3.93. The average molecular weight is 293 g/mol. The van der Waals surface area contributed by atoms with Gasteiger partial charge in [-0.25, -0.2) is 4.98 Å². The zero-order chi connectivity index (χ0) is 15.7. The number of nitrogens with two attached hydrogens (primary N) is 1. The lowest BCUT2D eigenvalue weighted by Crippen LogP contribution is -2.06. The van der Waals surface area contributed by atoms with Gasteiger partial charge in [0, 0.05) is 18.2 Å². The number of rotatable bonds is 4. The summed E-state index contributed by atoms with van der Waals surface area (Å²) in [7, 11) is 0. The summed E-state index contributed by atoms with van der Waals surface area (Å²) in [5.74, 6) is 0.542. The third-order valence-corrected chi connectivity index (χ3v) is 4.18. The topological polar surface area (TPSA) is 43.3 Å². The van der Waals surface area contributed by atoms with Gasteiger partial charge in [-0.3, -0.25) is 0 Å². The molecule has 0 spiro atoms. The molecule has 0 unspecified atom stereocenters. The Hall–Kier alpha value is -2.13. The standard InChI is InChI=1S/C19H23N3/c1-13(2)15-6-8-16(9-7-15)18-17(10-11-20)22-12-4-5-14(3)19(22)21-18/h4-9,12-13H,10-11,20H2,1-3H3. The van der Waals surface area contributed by atoms with Crippen molar-refractivity contribution in [3.05, 3.63) is 59.4 Å². The first-order chi connectivity index (χ1) is 10.6. The smallest absolute Gasteiger partial charge is 0.140 e. The number of nitrogens with zero attached hydrogens (tertiary/aromatic N) is 2. The lowest BCUT2D eigenvalue weighted by Gasteiger charge is -2.07. The highest BCUT2D eigenvalue weighted by Crippen LogP contribution is 2.27. The molecule has 22 heavy (non-hydrogen) atoms. The SMILES string of the molecule is Cc1cccn2c(CCN)c(-c3ccc(C(C)C)cc3)nc12. The second kappa shape index (κ2) is 5.93. The molecule has 0 saturated carbocycles. The Morgan fingerprint density at radius 2 is 1.86 bits per heavy atom. The minimum atomic E-state index is 0.542. The summed E-state index contributed by atoms with van der Waals surface area (Å²) in [6.07, 6.45) is 2.90.